The van der Waals surface area contributed by atoms with Gasteiger partial charge in [0.05, 0.1) is 12.6 Å². The fourth-order valence-corrected chi connectivity index (χ4v) is 2.33. The van der Waals surface area contributed by atoms with Gasteiger partial charge >= 0.3 is 0 Å². The molecule has 2 rings (SSSR count). The van der Waals surface area contributed by atoms with Gasteiger partial charge in [-0.2, -0.15) is 5.10 Å². The number of nitrogens with one attached hydrogen (secondary N) is 2. The second-order valence-corrected chi connectivity index (χ2v) is 5.27. The molecule has 0 saturated carbocycles. The van der Waals surface area contributed by atoms with Gasteiger partial charge in [-0.05, 0) is 12.5 Å². The molecule has 1 heterocycles. The predicted octanol–water partition coefficient (Wildman–Crippen LogP) is 1.23. The van der Waals surface area contributed by atoms with Gasteiger partial charge in [-0.15, -0.1) is 0 Å². The Balaban J connectivity index is 2.35. The molecule has 0 spiro atoms. The smallest absolute Gasteiger partial charge is 0.271 e. The van der Waals surface area contributed by atoms with E-state index in [4.69, 9.17) is 4.74 Å². The summed E-state index contributed by atoms with van der Waals surface area (Å²) < 4.78 is 6.51. The van der Waals surface area contributed by atoms with Crippen LogP contribution in [0.1, 0.15) is 39.5 Å². The number of methoxy groups -OCH3 is 1. The Morgan fingerprint density at radius 3 is 2.58 bits per heavy atom. The summed E-state index contributed by atoms with van der Waals surface area (Å²) in [6, 6.07) is 11.0. The summed E-state index contributed by atoms with van der Waals surface area (Å²) in [6.07, 6.45) is 0. The zero-order valence-electron chi connectivity index (χ0n) is 14.1. The number of hydrogen-bond acceptors (Lipinski definition) is 4. The minimum atomic E-state index is -0.333. The molecule has 2 amide bonds. The van der Waals surface area contributed by atoms with E-state index in [-0.39, 0.29) is 23.6 Å². The van der Waals surface area contributed by atoms with Crippen molar-refractivity contribution in [3.05, 3.63) is 53.3 Å². The summed E-state index contributed by atoms with van der Waals surface area (Å²) in [5, 5.41) is 9.60. The maximum atomic E-state index is 12.4. The van der Waals surface area contributed by atoms with Gasteiger partial charge in [-0.1, -0.05) is 30.3 Å². The second kappa shape index (κ2) is 8.26. The Bertz CT molecular complexity index is 697. The molecule has 7 heteroatoms. The molecular formula is C17H22N4O3. The van der Waals surface area contributed by atoms with E-state index >= 15 is 0 Å². The molecule has 0 aliphatic carbocycles. The SMILES string of the molecule is CNC(=O)c1cc(C(=O)NCCOC)n([C@@H](C)c2ccccc2)n1. The highest BCUT2D eigenvalue weighted by Crippen LogP contribution is 2.20. The molecule has 0 bridgehead atoms. The maximum absolute atomic E-state index is 12.4. The quantitative estimate of drug-likeness (QED) is 0.748. The summed E-state index contributed by atoms with van der Waals surface area (Å²) in [6.45, 7) is 2.73. The maximum Gasteiger partial charge on any atom is 0.271 e. The van der Waals surface area contributed by atoms with Gasteiger partial charge in [-0.25, -0.2) is 0 Å². The van der Waals surface area contributed by atoms with Crippen LogP contribution in [0.25, 0.3) is 0 Å². The van der Waals surface area contributed by atoms with E-state index in [1.54, 1.807) is 11.8 Å². The van der Waals surface area contributed by atoms with Crippen molar-refractivity contribution in [2.75, 3.05) is 27.3 Å². The molecule has 1 aromatic heterocycles. The number of ether oxygens (including phenoxy) is 1. The third-order valence-corrected chi connectivity index (χ3v) is 3.67. The first-order valence-corrected chi connectivity index (χ1v) is 7.72. The third kappa shape index (κ3) is 3.99. The summed E-state index contributed by atoms with van der Waals surface area (Å²) in [4.78, 5) is 24.3. The number of carbonyl (C=O) groups excluding carboxylic acids is 2. The number of carbonyl (C=O) groups is 2. The number of rotatable bonds is 7. The fraction of sp³-hybridized carbons (Fsp3) is 0.353. The van der Waals surface area contributed by atoms with Gasteiger partial charge < -0.3 is 15.4 Å². The number of amides is 2. The van der Waals surface area contributed by atoms with E-state index in [0.717, 1.165) is 5.56 Å². The molecule has 1 atom stereocenters. The molecule has 2 N–H and O–H groups in total. The lowest BCUT2D eigenvalue weighted by molar-refractivity contribution is 0.0923. The highest BCUT2D eigenvalue weighted by Gasteiger charge is 2.22. The van der Waals surface area contributed by atoms with Gasteiger partial charge in [0.1, 0.15) is 5.69 Å². The molecule has 0 saturated heterocycles. The lowest BCUT2D eigenvalue weighted by Gasteiger charge is -2.16. The molecule has 0 aliphatic rings. The molecule has 1 aromatic carbocycles. The standard InChI is InChI=1S/C17H22N4O3/c1-12(13-7-5-4-6-8-13)21-15(17(23)19-9-10-24-3)11-14(20-21)16(22)18-2/h4-8,11-12H,9-10H2,1-3H3,(H,18,22)(H,19,23)/t12-/m0/s1. The summed E-state index contributed by atoms with van der Waals surface area (Å²) >= 11 is 0. The first kappa shape index (κ1) is 17.7. The Morgan fingerprint density at radius 1 is 1.25 bits per heavy atom. The summed E-state index contributed by atoms with van der Waals surface area (Å²) in [7, 11) is 3.10. The average Bonchev–Trinajstić information content (AvgIpc) is 3.06. The fourth-order valence-electron chi connectivity index (χ4n) is 2.33. The van der Waals surface area contributed by atoms with Crippen molar-refractivity contribution in [1.29, 1.82) is 0 Å². The van der Waals surface area contributed by atoms with Crippen LogP contribution >= 0.6 is 0 Å². The van der Waals surface area contributed by atoms with Crippen LogP contribution < -0.4 is 10.6 Å². The zero-order chi connectivity index (χ0) is 17.5. The molecule has 7 nitrogen and oxygen atoms in total. The minimum Gasteiger partial charge on any atom is -0.383 e. The van der Waals surface area contributed by atoms with E-state index < -0.39 is 0 Å². The van der Waals surface area contributed by atoms with Crippen molar-refractivity contribution in [2.45, 2.75) is 13.0 Å². The monoisotopic (exact) mass is 330 g/mol. The van der Waals surface area contributed by atoms with Crippen molar-refractivity contribution in [1.82, 2.24) is 20.4 Å². The number of nitrogens with zero attached hydrogens (tertiary/aromatic N) is 2. The molecule has 0 unspecified atom stereocenters. The molecule has 24 heavy (non-hydrogen) atoms. The molecular weight excluding hydrogens is 308 g/mol. The number of aromatic nitrogens is 2. The minimum absolute atomic E-state index is 0.187. The largest absolute Gasteiger partial charge is 0.383 e. The lowest BCUT2D eigenvalue weighted by Crippen LogP contribution is -2.30. The van der Waals surface area contributed by atoms with Crippen LogP contribution in [0.5, 0.6) is 0 Å². The Labute approximate surface area is 141 Å². The van der Waals surface area contributed by atoms with Crippen LogP contribution in [-0.2, 0) is 4.74 Å². The molecule has 0 aliphatic heterocycles. The van der Waals surface area contributed by atoms with E-state index in [2.05, 4.69) is 15.7 Å². The van der Waals surface area contributed by atoms with E-state index in [9.17, 15) is 9.59 Å². The van der Waals surface area contributed by atoms with Crippen LogP contribution in [0.2, 0.25) is 0 Å². The molecule has 128 valence electrons. The van der Waals surface area contributed by atoms with Crippen LogP contribution in [0.4, 0.5) is 0 Å². The Hall–Kier alpha value is -2.67. The Morgan fingerprint density at radius 2 is 1.96 bits per heavy atom. The highest BCUT2D eigenvalue weighted by atomic mass is 16.5. The van der Waals surface area contributed by atoms with E-state index in [1.807, 2.05) is 37.3 Å². The van der Waals surface area contributed by atoms with E-state index in [1.165, 1.54) is 13.1 Å². The summed E-state index contributed by atoms with van der Waals surface area (Å²) in [5.41, 5.74) is 1.54. The molecule has 0 radical (unpaired) electrons. The van der Waals surface area contributed by atoms with Gasteiger partial charge in [0.2, 0.25) is 0 Å². The first-order chi connectivity index (χ1) is 11.6. The van der Waals surface area contributed by atoms with Crippen molar-refractivity contribution >= 4 is 11.8 Å². The topological polar surface area (TPSA) is 85.3 Å². The van der Waals surface area contributed by atoms with Gasteiger partial charge in [0.15, 0.2) is 5.69 Å². The lowest BCUT2D eigenvalue weighted by atomic mass is 10.1. The van der Waals surface area contributed by atoms with Crippen molar-refractivity contribution in [2.24, 2.45) is 0 Å². The average molecular weight is 330 g/mol. The van der Waals surface area contributed by atoms with Gasteiger partial charge in [-0.3, -0.25) is 14.3 Å². The molecule has 0 fully saturated rings. The first-order valence-electron chi connectivity index (χ1n) is 7.72. The van der Waals surface area contributed by atoms with Gasteiger partial charge in [0.25, 0.3) is 11.8 Å². The second-order valence-electron chi connectivity index (χ2n) is 5.27. The van der Waals surface area contributed by atoms with Crippen molar-refractivity contribution in [3.63, 3.8) is 0 Å². The van der Waals surface area contributed by atoms with Crippen molar-refractivity contribution in [3.8, 4) is 0 Å². The van der Waals surface area contributed by atoms with E-state index in [0.29, 0.717) is 18.8 Å². The van der Waals surface area contributed by atoms with Crippen LogP contribution in [0.15, 0.2) is 36.4 Å². The highest BCUT2D eigenvalue weighted by molar-refractivity contribution is 5.97. The van der Waals surface area contributed by atoms with Crippen LogP contribution in [-0.4, -0.2) is 48.9 Å². The normalized spacial score (nSPS) is 11.8. The number of benzene rings is 1. The molecule has 2 aromatic rings. The zero-order valence-corrected chi connectivity index (χ0v) is 14.1. The number of hydrogen-bond donors (Lipinski definition) is 2. The van der Waals surface area contributed by atoms with Crippen LogP contribution in [0.3, 0.4) is 0 Å². The summed E-state index contributed by atoms with van der Waals surface area (Å²) in [5.74, 6) is -0.627. The Kier molecular flexibility index (Phi) is 6.08. The van der Waals surface area contributed by atoms with Gasteiger partial charge in [0, 0.05) is 26.8 Å². The predicted molar refractivity (Wildman–Crippen MR) is 90.1 cm³/mol. The van der Waals surface area contributed by atoms with Crippen molar-refractivity contribution < 1.29 is 14.3 Å². The van der Waals surface area contributed by atoms with Crippen LogP contribution in [0, 0.1) is 0 Å². The third-order valence-electron chi connectivity index (χ3n) is 3.67.